The highest BCUT2D eigenvalue weighted by Crippen LogP contribution is 2.33. The van der Waals surface area contributed by atoms with Gasteiger partial charge < -0.3 is 10.1 Å². The molecule has 7 nitrogen and oxygen atoms in total. The molecule has 1 aliphatic rings. The van der Waals surface area contributed by atoms with E-state index in [-0.39, 0.29) is 22.1 Å². The highest BCUT2D eigenvalue weighted by atomic mass is 35.5. The van der Waals surface area contributed by atoms with Crippen molar-refractivity contribution in [1.29, 1.82) is 0 Å². The molecule has 0 bridgehead atoms. The first-order valence-electron chi connectivity index (χ1n) is 8.41. The second-order valence-corrected chi connectivity index (χ2v) is 9.97. The third kappa shape index (κ3) is 5.66. The van der Waals surface area contributed by atoms with Gasteiger partial charge in [-0.25, -0.2) is 23.0 Å². The molecule has 0 fully saturated rings. The summed E-state index contributed by atoms with van der Waals surface area (Å²) in [6, 6.07) is 4.16. The molecule has 3 rings (SSSR count). The van der Waals surface area contributed by atoms with E-state index in [0.717, 1.165) is 35.9 Å². The number of halogens is 4. The first-order valence-corrected chi connectivity index (χ1v) is 11.7. The molecule has 0 saturated carbocycles. The third-order valence-corrected chi connectivity index (χ3v) is 6.82. The highest BCUT2D eigenvalue weighted by Gasteiger charge is 2.18. The lowest BCUT2D eigenvalue weighted by molar-refractivity contribution is 0.201. The SMILES string of the molecule is CC(Nc1cc(F)c(OC(=O)NC2=CS(=S(=O)=O)C=N2)cc1Cl)c1cc(F)ccc1F. The van der Waals surface area contributed by atoms with Crippen LogP contribution in [0.5, 0.6) is 5.75 Å². The number of rotatable bonds is 5. The summed E-state index contributed by atoms with van der Waals surface area (Å²) in [7, 11) is -3.68. The van der Waals surface area contributed by atoms with Crippen LogP contribution in [0.3, 0.4) is 0 Å². The molecule has 0 spiro atoms. The van der Waals surface area contributed by atoms with Gasteiger partial charge in [-0.05, 0) is 25.1 Å². The first kappa shape index (κ1) is 22.8. The van der Waals surface area contributed by atoms with E-state index in [4.69, 9.17) is 16.3 Å². The molecule has 2 N–H and O–H groups in total. The number of aliphatic imine (C=N–C) groups is 1. The summed E-state index contributed by atoms with van der Waals surface area (Å²) in [5, 5.41) is 6.08. The molecule has 1 heterocycles. The fourth-order valence-electron chi connectivity index (χ4n) is 2.52. The Morgan fingerprint density at radius 3 is 2.61 bits per heavy atom. The van der Waals surface area contributed by atoms with Crippen molar-refractivity contribution < 1.29 is 31.1 Å². The van der Waals surface area contributed by atoms with Gasteiger partial charge in [-0.15, -0.1) is 0 Å². The lowest BCUT2D eigenvalue weighted by atomic mass is 10.1. The maximum atomic E-state index is 14.4. The Morgan fingerprint density at radius 2 is 1.94 bits per heavy atom. The molecule has 0 aromatic heterocycles. The summed E-state index contributed by atoms with van der Waals surface area (Å²) in [6.45, 7) is 1.53. The van der Waals surface area contributed by atoms with Crippen LogP contribution in [0.1, 0.15) is 18.5 Å². The molecule has 1 aliphatic heterocycles. The summed E-state index contributed by atoms with van der Waals surface area (Å²) >= 11 is 6.10. The average molecular weight is 492 g/mol. The number of ether oxygens (including phenoxy) is 1. The van der Waals surface area contributed by atoms with Gasteiger partial charge in [0.25, 0.3) is 0 Å². The van der Waals surface area contributed by atoms with Gasteiger partial charge in [0, 0.05) is 32.6 Å². The molecule has 1 amide bonds. The molecule has 2 aromatic carbocycles. The lowest BCUT2D eigenvalue weighted by Crippen LogP contribution is -2.25. The van der Waals surface area contributed by atoms with Crippen LogP contribution in [-0.4, -0.2) is 20.1 Å². The zero-order chi connectivity index (χ0) is 22.7. The zero-order valence-electron chi connectivity index (χ0n) is 15.5. The van der Waals surface area contributed by atoms with Crippen LogP contribution in [0, 0.1) is 17.5 Å². The van der Waals surface area contributed by atoms with Crippen LogP contribution in [0.15, 0.2) is 46.6 Å². The normalized spacial score (nSPS) is 15.9. The monoisotopic (exact) mass is 491 g/mol. The van der Waals surface area contributed by atoms with E-state index in [9.17, 15) is 26.4 Å². The second-order valence-electron chi connectivity index (χ2n) is 6.08. The quantitative estimate of drug-likeness (QED) is 0.651. The van der Waals surface area contributed by atoms with Crippen molar-refractivity contribution in [3.8, 4) is 5.75 Å². The van der Waals surface area contributed by atoms with E-state index in [0.29, 0.717) is 0 Å². The average Bonchev–Trinajstić information content (AvgIpc) is 3.16. The molecule has 2 atom stereocenters. The van der Waals surface area contributed by atoms with E-state index >= 15 is 0 Å². The Kier molecular flexibility index (Phi) is 7.03. The second kappa shape index (κ2) is 9.54. The van der Waals surface area contributed by atoms with Gasteiger partial charge in [0.15, 0.2) is 11.6 Å². The largest absolute Gasteiger partial charge is 0.418 e. The third-order valence-electron chi connectivity index (χ3n) is 3.93. The van der Waals surface area contributed by atoms with Crippen LogP contribution in [0.4, 0.5) is 23.7 Å². The molecule has 164 valence electrons. The van der Waals surface area contributed by atoms with Gasteiger partial charge in [-0.1, -0.05) is 11.6 Å². The number of carbonyl (C=O) groups excluding carboxylic acids is 1. The number of amides is 1. The van der Waals surface area contributed by atoms with E-state index in [1.54, 1.807) is 0 Å². The maximum absolute atomic E-state index is 14.4. The van der Waals surface area contributed by atoms with Crippen molar-refractivity contribution in [3.63, 3.8) is 0 Å². The Labute approximate surface area is 182 Å². The Balaban J connectivity index is 1.72. The Hall–Kier alpha value is -2.83. The van der Waals surface area contributed by atoms with Crippen LogP contribution in [0.2, 0.25) is 5.02 Å². The Morgan fingerprint density at radius 1 is 1.19 bits per heavy atom. The number of benzene rings is 2. The van der Waals surface area contributed by atoms with E-state index in [2.05, 4.69) is 15.6 Å². The summed E-state index contributed by atoms with van der Waals surface area (Å²) < 4.78 is 68.3. The number of anilines is 1. The summed E-state index contributed by atoms with van der Waals surface area (Å²) in [4.78, 5) is 15.6. The summed E-state index contributed by atoms with van der Waals surface area (Å²) in [5.74, 6) is -2.81. The van der Waals surface area contributed by atoms with E-state index in [1.807, 2.05) is 0 Å². The lowest BCUT2D eigenvalue weighted by Gasteiger charge is -2.18. The van der Waals surface area contributed by atoms with Crippen molar-refractivity contribution in [2.45, 2.75) is 13.0 Å². The fourth-order valence-corrected chi connectivity index (χ4v) is 4.34. The molecule has 2 unspecified atom stereocenters. The van der Waals surface area contributed by atoms with Gasteiger partial charge in [-0.2, -0.15) is 8.42 Å². The van der Waals surface area contributed by atoms with Gasteiger partial charge in [-0.3, -0.25) is 5.32 Å². The van der Waals surface area contributed by atoms with E-state index < -0.39 is 54.1 Å². The van der Waals surface area contributed by atoms with Crippen LogP contribution >= 0.6 is 11.6 Å². The van der Waals surface area contributed by atoms with Crippen LogP contribution < -0.4 is 15.4 Å². The molecule has 0 radical (unpaired) electrons. The minimum atomic E-state index is -2.41. The fraction of sp³-hybridized carbons (Fsp3) is 0.111. The van der Waals surface area contributed by atoms with Crippen molar-refractivity contribution in [2.75, 3.05) is 5.32 Å². The van der Waals surface area contributed by atoms with Crippen molar-refractivity contribution >= 4 is 47.6 Å². The van der Waals surface area contributed by atoms with Gasteiger partial charge in [0.05, 0.1) is 22.3 Å². The van der Waals surface area contributed by atoms with Crippen molar-refractivity contribution in [2.24, 2.45) is 4.99 Å². The molecular weight excluding hydrogens is 479 g/mol. The molecular formula is C18H13ClF3N3O4S2. The summed E-state index contributed by atoms with van der Waals surface area (Å²) in [6.07, 6.45) is -1.11. The predicted molar refractivity (Wildman–Crippen MR) is 112 cm³/mol. The highest BCUT2D eigenvalue weighted by molar-refractivity contribution is 8.42. The zero-order valence-corrected chi connectivity index (χ0v) is 17.9. The maximum Gasteiger partial charge on any atom is 0.418 e. The number of carbonyl (C=O) groups is 1. The number of hydrogen-bond donors (Lipinski definition) is 2. The molecule has 31 heavy (non-hydrogen) atoms. The number of nitrogens with one attached hydrogen (secondary N) is 2. The molecule has 0 aliphatic carbocycles. The van der Waals surface area contributed by atoms with E-state index in [1.165, 1.54) is 12.3 Å². The standard InChI is InChI=1S/C18H13ClF3N3O4S2/c1-9(11-4-10(20)2-3-13(11)21)24-15-6-14(22)16(5-12(15)19)29-18(26)25-17-7-30(8-23-17)31(27)28/h2-9,24H,1H3,(H,25,26). The summed E-state index contributed by atoms with van der Waals surface area (Å²) in [5.41, 5.74) is 1.20. The Bertz CT molecular complexity index is 1260. The first-order chi connectivity index (χ1) is 14.6. The number of hydrogen-bond acceptors (Lipinski definition) is 6. The minimum absolute atomic E-state index is 0.0135. The van der Waals surface area contributed by atoms with Gasteiger partial charge in [0.2, 0.25) is 9.26 Å². The topological polar surface area (TPSA) is 96.9 Å². The molecule has 2 aromatic rings. The number of nitrogens with zero attached hydrogens (tertiary/aromatic N) is 1. The smallest absolute Gasteiger partial charge is 0.407 e. The van der Waals surface area contributed by atoms with Gasteiger partial charge in [0.1, 0.15) is 17.5 Å². The van der Waals surface area contributed by atoms with Crippen molar-refractivity contribution in [3.05, 3.63) is 69.6 Å². The van der Waals surface area contributed by atoms with Crippen LogP contribution in [0.25, 0.3) is 0 Å². The van der Waals surface area contributed by atoms with Crippen LogP contribution in [-0.2, 0) is 18.7 Å². The van der Waals surface area contributed by atoms with Crippen molar-refractivity contribution in [1.82, 2.24) is 5.32 Å². The van der Waals surface area contributed by atoms with Gasteiger partial charge >= 0.3 is 6.09 Å². The predicted octanol–water partition coefficient (Wildman–Crippen LogP) is 4.27. The molecule has 0 saturated heterocycles. The molecule has 13 heteroatoms. The minimum Gasteiger partial charge on any atom is -0.407 e.